The lowest BCUT2D eigenvalue weighted by atomic mass is 9.82. The number of carbonyl (C=O) groups excluding carboxylic acids is 1. The quantitative estimate of drug-likeness (QED) is 0.788. The number of nitrogens with zero attached hydrogens (tertiary/aromatic N) is 1. The average molecular weight is 284 g/mol. The van der Waals surface area contributed by atoms with Gasteiger partial charge in [-0.05, 0) is 31.6 Å². The maximum absolute atomic E-state index is 12.3. The van der Waals surface area contributed by atoms with Gasteiger partial charge in [-0.1, -0.05) is 27.7 Å². The summed E-state index contributed by atoms with van der Waals surface area (Å²) < 4.78 is 0. The molecule has 5 nitrogen and oxygen atoms in total. The molecule has 0 aromatic rings. The first-order valence-corrected chi connectivity index (χ1v) is 7.65. The van der Waals surface area contributed by atoms with Crippen LogP contribution in [0.5, 0.6) is 0 Å². The van der Waals surface area contributed by atoms with Crippen molar-refractivity contribution in [2.24, 2.45) is 11.3 Å². The third-order valence-electron chi connectivity index (χ3n) is 4.71. The van der Waals surface area contributed by atoms with Crippen molar-refractivity contribution >= 4 is 12.0 Å². The normalized spacial score (nSPS) is 19.4. The first-order valence-electron chi connectivity index (χ1n) is 7.65. The van der Waals surface area contributed by atoms with Gasteiger partial charge in [-0.25, -0.2) is 4.79 Å². The Bertz CT molecular complexity index is 351. The fraction of sp³-hybridized carbons (Fsp3) is 0.867. The van der Waals surface area contributed by atoms with Crippen molar-refractivity contribution in [3.63, 3.8) is 0 Å². The highest BCUT2D eigenvalue weighted by molar-refractivity contribution is 5.78. The maximum Gasteiger partial charge on any atom is 0.317 e. The first kappa shape index (κ1) is 16.8. The molecular weight excluding hydrogens is 256 g/mol. The summed E-state index contributed by atoms with van der Waals surface area (Å²) in [6, 6.07) is 0.159. The van der Waals surface area contributed by atoms with Gasteiger partial charge in [0.05, 0.1) is 5.41 Å². The van der Waals surface area contributed by atoms with Crippen LogP contribution in [0.3, 0.4) is 0 Å². The topological polar surface area (TPSA) is 69.6 Å². The number of hydrogen-bond acceptors (Lipinski definition) is 2. The van der Waals surface area contributed by atoms with Crippen LogP contribution in [-0.2, 0) is 4.79 Å². The van der Waals surface area contributed by atoms with Gasteiger partial charge in [-0.15, -0.1) is 0 Å². The molecule has 1 saturated heterocycles. The minimum atomic E-state index is -0.845. The second kappa shape index (κ2) is 6.95. The van der Waals surface area contributed by atoms with Gasteiger partial charge in [0.15, 0.2) is 0 Å². The Morgan fingerprint density at radius 1 is 1.35 bits per heavy atom. The molecule has 0 aromatic heterocycles. The summed E-state index contributed by atoms with van der Waals surface area (Å²) in [5.41, 5.74) is -0.845. The second-order valence-corrected chi connectivity index (χ2v) is 6.10. The minimum Gasteiger partial charge on any atom is -0.481 e. The molecule has 1 atom stereocenters. The Hall–Kier alpha value is -1.26. The summed E-state index contributed by atoms with van der Waals surface area (Å²) in [5.74, 6) is -0.394. The van der Waals surface area contributed by atoms with Gasteiger partial charge in [-0.3, -0.25) is 4.79 Å². The largest absolute Gasteiger partial charge is 0.481 e. The number of amides is 2. The van der Waals surface area contributed by atoms with E-state index in [9.17, 15) is 14.7 Å². The van der Waals surface area contributed by atoms with Gasteiger partial charge < -0.3 is 15.3 Å². The van der Waals surface area contributed by atoms with Crippen molar-refractivity contribution in [2.75, 3.05) is 13.1 Å². The van der Waals surface area contributed by atoms with Crippen molar-refractivity contribution in [3.8, 4) is 0 Å². The molecule has 1 heterocycles. The van der Waals surface area contributed by atoms with Crippen LogP contribution in [0.4, 0.5) is 4.79 Å². The van der Waals surface area contributed by atoms with E-state index in [0.717, 1.165) is 19.4 Å². The minimum absolute atomic E-state index is 0.117. The van der Waals surface area contributed by atoms with Crippen molar-refractivity contribution in [1.29, 1.82) is 0 Å². The number of hydrogen-bond donors (Lipinski definition) is 2. The average Bonchev–Trinajstić information content (AvgIpc) is 2.89. The highest BCUT2D eigenvalue weighted by Crippen LogP contribution is 2.27. The third-order valence-corrected chi connectivity index (χ3v) is 4.71. The second-order valence-electron chi connectivity index (χ2n) is 6.10. The molecule has 1 fully saturated rings. The van der Waals surface area contributed by atoms with Gasteiger partial charge in [0.25, 0.3) is 0 Å². The summed E-state index contributed by atoms with van der Waals surface area (Å²) in [4.78, 5) is 25.6. The zero-order valence-corrected chi connectivity index (χ0v) is 13.1. The number of carboxylic acids is 1. The van der Waals surface area contributed by atoms with Crippen LogP contribution in [0.2, 0.25) is 0 Å². The standard InChI is InChI=1S/C15H28N2O3/c1-5-15(6-2,13(18)19)10-16-14(20)17-9-7-8-12(17)11(3)4/h11-12H,5-10H2,1-4H3,(H,16,20)(H,18,19). The van der Waals surface area contributed by atoms with Crippen molar-refractivity contribution in [3.05, 3.63) is 0 Å². The van der Waals surface area contributed by atoms with Gasteiger partial charge in [0, 0.05) is 19.1 Å². The fourth-order valence-electron chi connectivity index (χ4n) is 2.96. The van der Waals surface area contributed by atoms with Crippen LogP contribution in [0.25, 0.3) is 0 Å². The number of rotatable bonds is 6. The van der Waals surface area contributed by atoms with E-state index in [0.29, 0.717) is 18.8 Å². The van der Waals surface area contributed by atoms with E-state index >= 15 is 0 Å². The van der Waals surface area contributed by atoms with E-state index in [1.165, 1.54) is 0 Å². The van der Waals surface area contributed by atoms with Gasteiger partial charge in [-0.2, -0.15) is 0 Å². The lowest BCUT2D eigenvalue weighted by Gasteiger charge is -2.31. The number of carboxylic acid groups (broad SMARTS) is 1. The van der Waals surface area contributed by atoms with E-state index in [1.54, 1.807) is 0 Å². The predicted octanol–water partition coefficient (Wildman–Crippen LogP) is 2.71. The van der Waals surface area contributed by atoms with E-state index in [1.807, 2.05) is 18.7 Å². The Morgan fingerprint density at radius 2 is 1.95 bits per heavy atom. The third kappa shape index (κ3) is 3.44. The highest BCUT2D eigenvalue weighted by Gasteiger charge is 2.37. The molecule has 0 aromatic carbocycles. The van der Waals surface area contributed by atoms with Crippen LogP contribution < -0.4 is 5.32 Å². The number of urea groups is 1. The molecule has 1 aliphatic heterocycles. The van der Waals surface area contributed by atoms with Crippen molar-refractivity contribution < 1.29 is 14.7 Å². The lowest BCUT2D eigenvalue weighted by Crippen LogP contribution is -2.49. The van der Waals surface area contributed by atoms with E-state index < -0.39 is 11.4 Å². The van der Waals surface area contributed by atoms with Crippen LogP contribution in [0, 0.1) is 11.3 Å². The Kier molecular flexibility index (Phi) is 5.84. The van der Waals surface area contributed by atoms with Gasteiger partial charge in [0.2, 0.25) is 0 Å². The number of carbonyl (C=O) groups is 2. The molecule has 0 saturated carbocycles. The molecule has 0 radical (unpaired) electrons. The molecule has 0 spiro atoms. The monoisotopic (exact) mass is 284 g/mol. The maximum atomic E-state index is 12.3. The van der Waals surface area contributed by atoms with E-state index in [-0.39, 0.29) is 18.6 Å². The SMILES string of the molecule is CCC(CC)(CNC(=O)N1CCCC1C(C)C)C(=O)O. The van der Waals surface area contributed by atoms with Crippen molar-refractivity contribution in [1.82, 2.24) is 10.2 Å². The van der Waals surface area contributed by atoms with Crippen molar-refractivity contribution in [2.45, 2.75) is 59.4 Å². The molecular formula is C15H28N2O3. The Balaban J connectivity index is 2.64. The predicted molar refractivity (Wildman–Crippen MR) is 78.6 cm³/mol. The summed E-state index contributed by atoms with van der Waals surface area (Å²) in [5, 5.41) is 12.2. The smallest absolute Gasteiger partial charge is 0.317 e. The Labute approximate surface area is 121 Å². The summed E-state index contributed by atoms with van der Waals surface area (Å²) in [6.45, 7) is 8.93. The first-order chi connectivity index (χ1) is 9.38. The molecule has 116 valence electrons. The summed E-state index contributed by atoms with van der Waals surface area (Å²) in [7, 11) is 0. The summed E-state index contributed by atoms with van der Waals surface area (Å²) >= 11 is 0. The zero-order valence-electron chi connectivity index (χ0n) is 13.1. The molecule has 0 bridgehead atoms. The Morgan fingerprint density at radius 3 is 2.40 bits per heavy atom. The molecule has 2 amide bonds. The van der Waals surface area contributed by atoms with Crippen LogP contribution in [0.1, 0.15) is 53.4 Å². The number of nitrogens with one attached hydrogen (secondary N) is 1. The van der Waals surface area contributed by atoms with Crippen LogP contribution in [-0.4, -0.2) is 41.1 Å². The number of likely N-dealkylation sites (tertiary alicyclic amines) is 1. The van der Waals surface area contributed by atoms with E-state index in [2.05, 4.69) is 19.2 Å². The molecule has 2 N–H and O–H groups in total. The molecule has 1 rings (SSSR count). The van der Waals surface area contributed by atoms with E-state index in [4.69, 9.17) is 0 Å². The number of aliphatic carboxylic acids is 1. The molecule has 1 aliphatic rings. The highest BCUT2D eigenvalue weighted by atomic mass is 16.4. The zero-order chi connectivity index (χ0) is 15.3. The molecule has 1 unspecified atom stereocenters. The summed E-state index contributed by atoms with van der Waals surface area (Å²) in [6.07, 6.45) is 3.11. The fourth-order valence-corrected chi connectivity index (χ4v) is 2.96. The lowest BCUT2D eigenvalue weighted by molar-refractivity contribution is -0.149. The van der Waals surface area contributed by atoms with Crippen LogP contribution in [0.15, 0.2) is 0 Å². The molecule has 0 aliphatic carbocycles. The van der Waals surface area contributed by atoms with Gasteiger partial charge >= 0.3 is 12.0 Å². The van der Waals surface area contributed by atoms with Crippen LogP contribution >= 0.6 is 0 Å². The molecule has 5 heteroatoms. The molecule has 20 heavy (non-hydrogen) atoms. The van der Waals surface area contributed by atoms with Gasteiger partial charge in [0.1, 0.15) is 0 Å².